The van der Waals surface area contributed by atoms with Crippen molar-refractivity contribution in [1.82, 2.24) is 10.5 Å². The SMILES string of the molecule is Cc1ccc(C(=O)N(CCCCCCC(=O)NO)c2ccc(-c3ccc4cc[nH]c4c3)cc2)cc1. The normalized spacial score (nSPS) is 10.9. The summed E-state index contributed by atoms with van der Waals surface area (Å²) in [5.41, 5.74) is 7.61. The summed E-state index contributed by atoms with van der Waals surface area (Å²) >= 11 is 0. The Morgan fingerprint density at radius 2 is 1.57 bits per heavy atom. The first-order valence-electron chi connectivity index (χ1n) is 12.0. The third-order valence-corrected chi connectivity index (χ3v) is 6.27. The molecule has 4 aromatic rings. The number of carbonyl (C=O) groups is 2. The van der Waals surface area contributed by atoms with Crippen molar-refractivity contribution < 1.29 is 14.8 Å². The Morgan fingerprint density at radius 1 is 0.857 bits per heavy atom. The van der Waals surface area contributed by atoms with Crippen LogP contribution < -0.4 is 10.4 Å². The average Bonchev–Trinajstić information content (AvgIpc) is 3.36. The van der Waals surface area contributed by atoms with E-state index in [-0.39, 0.29) is 11.8 Å². The van der Waals surface area contributed by atoms with E-state index in [4.69, 9.17) is 5.21 Å². The molecule has 0 saturated heterocycles. The molecule has 0 fully saturated rings. The lowest BCUT2D eigenvalue weighted by atomic mass is 10.0. The van der Waals surface area contributed by atoms with Gasteiger partial charge in [0.05, 0.1) is 0 Å². The highest BCUT2D eigenvalue weighted by Crippen LogP contribution is 2.27. The van der Waals surface area contributed by atoms with Crippen LogP contribution in [0.3, 0.4) is 0 Å². The molecule has 0 spiro atoms. The molecule has 6 heteroatoms. The predicted octanol–water partition coefficient (Wildman–Crippen LogP) is 6.25. The van der Waals surface area contributed by atoms with E-state index in [0.29, 0.717) is 24.9 Å². The van der Waals surface area contributed by atoms with Gasteiger partial charge in [0.1, 0.15) is 0 Å². The van der Waals surface area contributed by atoms with Crippen LogP contribution in [0.1, 0.15) is 48.0 Å². The number of hydrogen-bond acceptors (Lipinski definition) is 3. The summed E-state index contributed by atoms with van der Waals surface area (Å²) in [6.45, 7) is 2.60. The van der Waals surface area contributed by atoms with Crippen LogP contribution in [0.2, 0.25) is 0 Å². The van der Waals surface area contributed by atoms with Crippen molar-refractivity contribution in [3.05, 3.63) is 90.1 Å². The zero-order chi connectivity index (χ0) is 24.6. The Kier molecular flexibility index (Phi) is 7.95. The second-order valence-corrected chi connectivity index (χ2v) is 8.85. The largest absolute Gasteiger partial charge is 0.361 e. The molecule has 4 rings (SSSR count). The van der Waals surface area contributed by atoms with Crippen LogP contribution in [-0.2, 0) is 4.79 Å². The van der Waals surface area contributed by atoms with Gasteiger partial charge in [-0.25, -0.2) is 5.48 Å². The van der Waals surface area contributed by atoms with Crippen LogP contribution in [0, 0.1) is 6.92 Å². The second kappa shape index (κ2) is 11.5. The fourth-order valence-corrected chi connectivity index (χ4v) is 4.23. The van der Waals surface area contributed by atoms with Crippen LogP contribution in [-0.4, -0.2) is 28.6 Å². The zero-order valence-corrected chi connectivity index (χ0v) is 20.0. The first kappa shape index (κ1) is 24.2. The monoisotopic (exact) mass is 469 g/mol. The van der Waals surface area contributed by atoms with Gasteiger partial charge in [-0.2, -0.15) is 0 Å². The van der Waals surface area contributed by atoms with E-state index in [9.17, 15) is 9.59 Å². The maximum atomic E-state index is 13.4. The minimum Gasteiger partial charge on any atom is -0.361 e. The molecule has 0 radical (unpaired) electrons. The van der Waals surface area contributed by atoms with Gasteiger partial charge in [-0.05, 0) is 72.7 Å². The predicted molar refractivity (Wildman–Crippen MR) is 140 cm³/mol. The molecule has 0 aliphatic heterocycles. The lowest BCUT2D eigenvalue weighted by Gasteiger charge is -2.23. The third-order valence-electron chi connectivity index (χ3n) is 6.27. The average molecular weight is 470 g/mol. The molecule has 3 N–H and O–H groups in total. The minimum absolute atomic E-state index is 0.0230. The quantitative estimate of drug-likeness (QED) is 0.146. The van der Waals surface area contributed by atoms with Gasteiger partial charge in [-0.1, -0.05) is 54.8 Å². The molecule has 35 heavy (non-hydrogen) atoms. The van der Waals surface area contributed by atoms with E-state index in [1.165, 1.54) is 5.39 Å². The van der Waals surface area contributed by atoms with E-state index in [1.54, 1.807) is 5.48 Å². The number of hydrogen-bond donors (Lipinski definition) is 3. The van der Waals surface area contributed by atoms with Gasteiger partial charge < -0.3 is 9.88 Å². The zero-order valence-electron chi connectivity index (χ0n) is 20.0. The van der Waals surface area contributed by atoms with Crippen molar-refractivity contribution in [2.75, 3.05) is 11.4 Å². The maximum absolute atomic E-state index is 13.4. The van der Waals surface area contributed by atoms with Crippen molar-refractivity contribution in [2.45, 2.75) is 39.0 Å². The van der Waals surface area contributed by atoms with Gasteiger partial charge in [-0.3, -0.25) is 14.8 Å². The molecule has 1 heterocycles. The van der Waals surface area contributed by atoms with Gasteiger partial charge in [-0.15, -0.1) is 0 Å². The minimum atomic E-state index is -0.364. The summed E-state index contributed by atoms with van der Waals surface area (Å²) in [7, 11) is 0. The molecule has 0 unspecified atom stereocenters. The second-order valence-electron chi connectivity index (χ2n) is 8.85. The van der Waals surface area contributed by atoms with E-state index in [0.717, 1.165) is 47.2 Å². The Hall–Kier alpha value is -3.90. The highest BCUT2D eigenvalue weighted by molar-refractivity contribution is 6.06. The number of fused-ring (bicyclic) bond motifs is 1. The number of benzene rings is 3. The number of aromatic nitrogens is 1. The number of amides is 2. The van der Waals surface area contributed by atoms with Crippen molar-refractivity contribution in [2.24, 2.45) is 0 Å². The third kappa shape index (κ3) is 6.16. The van der Waals surface area contributed by atoms with E-state index in [2.05, 4.69) is 41.4 Å². The number of aryl methyl sites for hydroxylation is 1. The number of aromatic amines is 1. The summed E-state index contributed by atoms with van der Waals surface area (Å²) in [6, 6.07) is 24.2. The smallest absolute Gasteiger partial charge is 0.258 e. The number of rotatable bonds is 10. The van der Waals surface area contributed by atoms with Crippen molar-refractivity contribution >= 4 is 28.4 Å². The van der Waals surface area contributed by atoms with E-state index in [1.807, 2.05) is 54.4 Å². The highest BCUT2D eigenvalue weighted by Gasteiger charge is 2.18. The molecular weight excluding hydrogens is 438 g/mol. The van der Waals surface area contributed by atoms with Gasteiger partial charge >= 0.3 is 0 Å². The fraction of sp³-hybridized carbons (Fsp3) is 0.241. The molecule has 0 saturated carbocycles. The number of anilines is 1. The molecular formula is C29H31N3O3. The van der Waals surface area contributed by atoms with E-state index < -0.39 is 0 Å². The number of carbonyl (C=O) groups excluding carboxylic acids is 2. The van der Waals surface area contributed by atoms with Crippen LogP contribution in [0.5, 0.6) is 0 Å². The van der Waals surface area contributed by atoms with Gasteiger partial charge in [0, 0.05) is 35.9 Å². The number of H-pyrrole nitrogens is 1. The molecule has 1 aromatic heterocycles. The first-order chi connectivity index (χ1) is 17.0. The summed E-state index contributed by atoms with van der Waals surface area (Å²) in [6.07, 6.45) is 5.53. The first-order valence-corrected chi connectivity index (χ1v) is 12.0. The van der Waals surface area contributed by atoms with Crippen molar-refractivity contribution in [3.8, 4) is 11.1 Å². The standard InChI is InChI=1S/C29H31N3O3/c1-21-7-9-24(10-8-21)29(34)32(19-5-3-2-4-6-28(33)31-35)26-15-13-22(14-16-26)25-12-11-23-17-18-30-27(23)20-25/h7-18,20,30,35H,2-6,19H2,1H3,(H,31,33). The van der Waals surface area contributed by atoms with Gasteiger partial charge in [0.25, 0.3) is 5.91 Å². The molecule has 180 valence electrons. The number of nitrogens with one attached hydrogen (secondary N) is 2. The number of unbranched alkanes of at least 4 members (excludes halogenated alkanes) is 3. The van der Waals surface area contributed by atoms with Crippen LogP contribution in [0.15, 0.2) is 79.0 Å². The molecule has 0 aliphatic carbocycles. The lowest BCUT2D eigenvalue weighted by Crippen LogP contribution is -2.32. The Balaban J connectivity index is 1.48. The van der Waals surface area contributed by atoms with Gasteiger partial charge in [0.2, 0.25) is 5.91 Å². The molecule has 0 atom stereocenters. The topological polar surface area (TPSA) is 85.4 Å². The molecule has 2 amide bonds. The number of hydroxylamine groups is 1. The fourth-order valence-electron chi connectivity index (χ4n) is 4.23. The van der Waals surface area contributed by atoms with Crippen LogP contribution >= 0.6 is 0 Å². The molecule has 0 bridgehead atoms. The number of nitrogens with zero attached hydrogens (tertiary/aromatic N) is 1. The highest BCUT2D eigenvalue weighted by atomic mass is 16.5. The van der Waals surface area contributed by atoms with Gasteiger partial charge in [0.15, 0.2) is 0 Å². The van der Waals surface area contributed by atoms with Crippen molar-refractivity contribution in [3.63, 3.8) is 0 Å². The molecule has 6 nitrogen and oxygen atoms in total. The molecule has 0 aliphatic rings. The summed E-state index contributed by atoms with van der Waals surface area (Å²) in [4.78, 5) is 29.7. The van der Waals surface area contributed by atoms with E-state index >= 15 is 0 Å². The Morgan fingerprint density at radius 3 is 2.31 bits per heavy atom. The summed E-state index contributed by atoms with van der Waals surface area (Å²) < 4.78 is 0. The van der Waals surface area contributed by atoms with Crippen LogP contribution in [0.25, 0.3) is 22.0 Å². The van der Waals surface area contributed by atoms with Crippen LogP contribution in [0.4, 0.5) is 5.69 Å². The Bertz CT molecular complexity index is 1280. The molecule has 3 aromatic carbocycles. The summed E-state index contributed by atoms with van der Waals surface area (Å²) in [5, 5.41) is 9.78. The lowest BCUT2D eigenvalue weighted by molar-refractivity contribution is -0.129. The summed E-state index contributed by atoms with van der Waals surface area (Å²) in [5.74, 6) is -0.387. The maximum Gasteiger partial charge on any atom is 0.258 e. The van der Waals surface area contributed by atoms with Crippen molar-refractivity contribution in [1.29, 1.82) is 0 Å². The Labute approximate surface area is 205 Å².